The predicted octanol–water partition coefficient (Wildman–Crippen LogP) is 3.34. The molecule has 84 valence electrons. The molecule has 0 amide bonds. The average Bonchev–Trinajstić information content (AvgIpc) is 2.85. The van der Waals surface area contributed by atoms with Crippen molar-refractivity contribution >= 4 is 27.3 Å². The maximum absolute atomic E-state index is 5.77. The topological polar surface area (TPSA) is 21.3 Å². The van der Waals surface area contributed by atoms with Crippen LogP contribution in [0, 0.1) is 0 Å². The minimum absolute atomic E-state index is 0.347. The van der Waals surface area contributed by atoms with Crippen molar-refractivity contribution < 1.29 is 4.74 Å². The molecule has 2 unspecified atom stereocenters. The molecule has 15 heavy (non-hydrogen) atoms. The summed E-state index contributed by atoms with van der Waals surface area (Å²) < 4.78 is 6.97. The largest absolute Gasteiger partial charge is 0.376 e. The van der Waals surface area contributed by atoms with Gasteiger partial charge < -0.3 is 10.1 Å². The highest BCUT2D eigenvalue weighted by Gasteiger charge is 2.28. The van der Waals surface area contributed by atoms with Gasteiger partial charge in [-0.05, 0) is 46.8 Å². The lowest BCUT2D eigenvalue weighted by Crippen LogP contribution is -2.31. The van der Waals surface area contributed by atoms with Crippen molar-refractivity contribution in [3.8, 4) is 0 Å². The van der Waals surface area contributed by atoms with Crippen molar-refractivity contribution in [3.63, 3.8) is 0 Å². The number of hydrogen-bond donors (Lipinski definition) is 1. The second-order valence-corrected chi connectivity index (χ2v) is 5.52. The Morgan fingerprint density at radius 1 is 1.73 bits per heavy atom. The molecule has 1 fully saturated rings. The Labute approximate surface area is 103 Å². The molecule has 2 nitrogen and oxygen atoms in total. The normalized spacial score (nSPS) is 23.2. The number of hydrogen-bond acceptors (Lipinski definition) is 3. The molecule has 0 aromatic carbocycles. The van der Waals surface area contributed by atoms with E-state index in [0.29, 0.717) is 12.1 Å². The molecule has 1 saturated heterocycles. The zero-order valence-corrected chi connectivity index (χ0v) is 11.2. The molecular weight excluding hydrogens is 274 g/mol. The van der Waals surface area contributed by atoms with Crippen molar-refractivity contribution in [1.29, 1.82) is 0 Å². The van der Waals surface area contributed by atoms with Gasteiger partial charge in [-0.2, -0.15) is 0 Å². The number of likely N-dealkylation sites (N-methyl/N-ethyl adjacent to an activating group) is 1. The molecule has 1 N–H and O–H groups in total. The van der Waals surface area contributed by atoms with Crippen molar-refractivity contribution in [2.24, 2.45) is 0 Å². The van der Waals surface area contributed by atoms with E-state index in [4.69, 9.17) is 4.74 Å². The van der Waals surface area contributed by atoms with E-state index in [1.165, 1.54) is 22.2 Å². The van der Waals surface area contributed by atoms with Gasteiger partial charge in [-0.1, -0.05) is 6.92 Å². The van der Waals surface area contributed by atoms with E-state index in [1.54, 1.807) is 11.3 Å². The Morgan fingerprint density at radius 3 is 3.13 bits per heavy atom. The lowest BCUT2D eigenvalue weighted by atomic mass is 10.1. The molecule has 0 aliphatic carbocycles. The molecule has 0 spiro atoms. The number of rotatable bonds is 4. The van der Waals surface area contributed by atoms with Gasteiger partial charge in [0.2, 0.25) is 0 Å². The fraction of sp³-hybridized carbons (Fsp3) is 0.636. The molecule has 0 saturated carbocycles. The van der Waals surface area contributed by atoms with E-state index in [9.17, 15) is 0 Å². The summed E-state index contributed by atoms with van der Waals surface area (Å²) in [7, 11) is 0. The van der Waals surface area contributed by atoms with Crippen LogP contribution < -0.4 is 5.32 Å². The van der Waals surface area contributed by atoms with Crippen molar-refractivity contribution in [2.75, 3.05) is 13.2 Å². The van der Waals surface area contributed by atoms with Gasteiger partial charge in [0.15, 0.2) is 0 Å². The van der Waals surface area contributed by atoms with Gasteiger partial charge in [-0.3, -0.25) is 0 Å². The van der Waals surface area contributed by atoms with Crippen LogP contribution in [0.3, 0.4) is 0 Å². The minimum atomic E-state index is 0.347. The summed E-state index contributed by atoms with van der Waals surface area (Å²) in [6.07, 6.45) is 2.71. The summed E-state index contributed by atoms with van der Waals surface area (Å²) in [6, 6.07) is 2.46. The molecule has 0 bridgehead atoms. The maximum atomic E-state index is 5.77. The second kappa shape index (κ2) is 5.43. The Bertz CT molecular complexity index is 309. The lowest BCUT2D eigenvalue weighted by molar-refractivity contribution is 0.0797. The minimum Gasteiger partial charge on any atom is -0.376 e. The smallest absolute Gasteiger partial charge is 0.0779 e. The summed E-state index contributed by atoms with van der Waals surface area (Å²) in [5.41, 5.74) is 0. The van der Waals surface area contributed by atoms with E-state index in [-0.39, 0.29) is 0 Å². The van der Waals surface area contributed by atoms with Gasteiger partial charge in [0.05, 0.1) is 12.1 Å². The SMILES string of the molecule is CCNC(c1sccc1Br)C1CCCO1. The van der Waals surface area contributed by atoms with Crippen LogP contribution >= 0.6 is 27.3 Å². The van der Waals surface area contributed by atoms with Crippen LogP contribution in [0.5, 0.6) is 0 Å². The molecule has 1 aromatic rings. The van der Waals surface area contributed by atoms with Crippen LogP contribution in [-0.2, 0) is 4.74 Å². The standard InChI is InChI=1S/C11H16BrNOS/c1-2-13-10(9-4-3-6-14-9)11-8(12)5-7-15-11/h5,7,9-10,13H,2-4,6H2,1H3. The summed E-state index contributed by atoms with van der Waals surface area (Å²) in [4.78, 5) is 1.36. The maximum Gasteiger partial charge on any atom is 0.0779 e. The highest BCUT2D eigenvalue weighted by Crippen LogP contribution is 2.34. The van der Waals surface area contributed by atoms with Gasteiger partial charge >= 0.3 is 0 Å². The van der Waals surface area contributed by atoms with Crippen LogP contribution in [0.25, 0.3) is 0 Å². The van der Waals surface area contributed by atoms with Crippen LogP contribution in [0.2, 0.25) is 0 Å². The molecule has 1 aromatic heterocycles. The summed E-state index contributed by atoms with van der Waals surface area (Å²) in [6.45, 7) is 4.04. The monoisotopic (exact) mass is 289 g/mol. The lowest BCUT2D eigenvalue weighted by Gasteiger charge is -2.23. The first-order valence-corrected chi connectivity index (χ1v) is 7.08. The highest BCUT2D eigenvalue weighted by atomic mass is 79.9. The van der Waals surface area contributed by atoms with E-state index < -0.39 is 0 Å². The third-order valence-corrected chi connectivity index (χ3v) is 4.64. The van der Waals surface area contributed by atoms with Crippen LogP contribution in [0.15, 0.2) is 15.9 Å². The number of nitrogens with one attached hydrogen (secondary N) is 1. The van der Waals surface area contributed by atoms with E-state index >= 15 is 0 Å². The third-order valence-electron chi connectivity index (χ3n) is 2.69. The predicted molar refractivity (Wildman–Crippen MR) is 67.4 cm³/mol. The first-order valence-electron chi connectivity index (χ1n) is 5.40. The molecule has 4 heteroatoms. The van der Waals surface area contributed by atoms with Crippen molar-refractivity contribution in [2.45, 2.75) is 31.9 Å². The van der Waals surface area contributed by atoms with Gasteiger partial charge in [0, 0.05) is 16.0 Å². The summed E-state index contributed by atoms with van der Waals surface area (Å²) >= 11 is 5.39. The quantitative estimate of drug-likeness (QED) is 0.918. The Hall–Kier alpha value is 0.1000. The van der Waals surface area contributed by atoms with E-state index in [2.05, 4.69) is 39.6 Å². The van der Waals surface area contributed by atoms with Gasteiger partial charge in [-0.15, -0.1) is 11.3 Å². The van der Waals surface area contributed by atoms with Crippen LogP contribution in [0.1, 0.15) is 30.7 Å². The molecule has 2 heterocycles. The first-order chi connectivity index (χ1) is 7.33. The van der Waals surface area contributed by atoms with Crippen molar-refractivity contribution in [3.05, 3.63) is 20.8 Å². The number of thiophene rings is 1. The molecular formula is C11H16BrNOS. The summed E-state index contributed by atoms with van der Waals surface area (Å²) in [5.74, 6) is 0. The van der Waals surface area contributed by atoms with Crippen molar-refractivity contribution in [1.82, 2.24) is 5.32 Å². The zero-order valence-electron chi connectivity index (χ0n) is 8.83. The Morgan fingerprint density at radius 2 is 2.60 bits per heavy atom. The van der Waals surface area contributed by atoms with Crippen LogP contribution in [-0.4, -0.2) is 19.3 Å². The molecule has 1 aliphatic rings. The Balaban J connectivity index is 2.15. The number of halogens is 1. The molecule has 2 atom stereocenters. The third kappa shape index (κ3) is 2.61. The van der Waals surface area contributed by atoms with E-state index in [0.717, 1.165) is 13.2 Å². The fourth-order valence-electron chi connectivity index (χ4n) is 2.01. The number of ether oxygens (including phenoxy) is 1. The average molecular weight is 290 g/mol. The van der Waals surface area contributed by atoms with E-state index in [1.807, 2.05) is 0 Å². The summed E-state index contributed by atoms with van der Waals surface area (Å²) in [5, 5.41) is 5.65. The van der Waals surface area contributed by atoms with Gasteiger partial charge in [0.1, 0.15) is 0 Å². The zero-order chi connectivity index (χ0) is 10.7. The molecule has 1 aliphatic heterocycles. The second-order valence-electron chi connectivity index (χ2n) is 3.72. The Kier molecular flexibility index (Phi) is 4.20. The highest BCUT2D eigenvalue weighted by molar-refractivity contribution is 9.10. The molecule has 0 radical (unpaired) electrons. The van der Waals surface area contributed by atoms with Gasteiger partial charge in [-0.25, -0.2) is 0 Å². The molecule has 2 rings (SSSR count). The fourth-order valence-corrected chi connectivity index (χ4v) is 3.75. The first kappa shape index (κ1) is 11.6. The van der Waals surface area contributed by atoms with Crippen LogP contribution in [0.4, 0.5) is 0 Å². The van der Waals surface area contributed by atoms with Gasteiger partial charge in [0.25, 0.3) is 0 Å².